The van der Waals surface area contributed by atoms with Crippen molar-refractivity contribution in [3.63, 3.8) is 0 Å². The molecule has 0 radical (unpaired) electrons. The number of sulfonamides is 1. The van der Waals surface area contributed by atoms with Crippen molar-refractivity contribution in [2.75, 3.05) is 13.7 Å². The minimum atomic E-state index is -3.43. The SMILES string of the molecule is COCC(C)NS(=O)(=O)c1cccc(C)c1. The Balaban J connectivity index is 2.86. The van der Waals surface area contributed by atoms with Crippen LogP contribution in [0, 0.1) is 6.92 Å². The molecule has 0 amide bonds. The fourth-order valence-corrected chi connectivity index (χ4v) is 2.73. The summed E-state index contributed by atoms with van der Waals surface area (Å²) >= 11 is 0. The van der Waals surface area contributed by atoms with E-state index < -0.39 is 10.0 Å². The van der Waals surface area contributed by atoms with E-state index in [4.69, 9.17) is 4.74 Å². The van der Waals surface area contributed by atoms with E-state index in [1.54, 1.807) is 25.1 Å². The highest BCUT2D eigenvalue weighted by Crippen LogP contribution is 2.11. The third kappa shape index (κ3) is 3.59. The van der Waals surface area contributed by atoms with Gasteiger partial charge in [-0.3, -0.25) is 0 Å². The molecule has 0 aromatic heterocycles. The molecule has 0 aliphatic rings. The van der Waals surface area contributed by atoms with Crippen molar-refractivity contribution in [1.29, 1.82) is 0 Å². The summed E-state index contributed by atoms with van der Waals surface area (Å²) < 4.78 is 31.2. The van der Waals surface area contributed by atoms with Crippen LogP contribution in [0.5, 0.6) is 0 Å². The van der Waals surface area contributed by atoms with Crippen molar-refractivity contribution in [3.05, 3.63) is 29.8 Å². The number of nitrogens with one attached hydrogen (secondary N) is 1. The lowest BCUT2D eigenvalue weighted by atomic mass is 10.2. The number of hydrogen-bond acceptors (Lipinski definition) is 3. The summed E-state index contributed by atoms with van der Waals surface area (Å²) in [7, 11) is -1.90. The monoisotopic (exact) mass is 243 g/mol. The lowest BCUT2D eigenvalue weighted by Crippen LogP contribution is -2.35. The maximum Gasteiger partial charge on any atom is 0.240 e. The predicted molar refractivity (Wildman–Crippen MR) is 62.8 cm³/mol. The van der Waals surface area contributed by atoms with Crippen LogP contribution in [0.25, 0.3) is 0 Å². The van der Waals surface area contributed by atoms with E-state index in [2.05, 4.69) is 4.72 Å². The van der Waals surface area contributed by atoms with Gasteiger partial charge < -0.3 is 4.74 Å². The lowest BCUT2D eigenvalue weighted by Gasteiger charge is -2.13. The molecule has 1 unspecified atom stereocenters. The van der Waals surface area contributed by atoms with Crippen LogP contribution in [0.15, 0.2) is 29.2 Å². The molecule has 90 valence electrons. The normalized spacial score (nSPS) is 13.7. The molecule has 0 fully saturated rings. The molecule has 0 spiro atoms. The molecule has 0 aliphatic carbocycles. The fourth-order valence-electron chi connectivity index (χ4n) is 1.40. The molecule has 1 rings (SSSR count). The standard InChI is InChI=1S/C11H17NO3S/c1-9-5-4-6-11(7-9)16(13,14)12-10(2)8-15-3/h4-7,10,12H,8H2,1-3H3. The van der Waals surface area contributed by atoms with Crippen LogP contribution in [0.4, 0.5) is 0 Å². The topological polar surface area (TPSA) is 55.4 Å². The Morgan fingerprint density at radius 2 is 2.12 bits per heavy atom. The highest BCUT2D eigenvalue weighted by atomic mass is 32.2. The number of hydrogen-bond donors (Lipinski definition) is 1. The van der Waals surface area contributed by atoms with Gasteiger partial charge in [-0.25, -0.2) is 13.1 Å². The molecule has 1 atom stereocenters. The quantitative estimate of drug-likeness (QED) is 0.848. The van der Waals surface area contributed by atoms with Crippen LogP contribution in [0.1, 0.15) is 12.5 Å². The van der Waals surface area contributed by atoms with E-state index in [1.165, 1.54) is 7.11 Å². The molecule has 5 heteroatoms. The molecule has 1 N–H and O–H groups in total. The number of aryl methyl sites for hydroxylation is 1. The van der Waals surface area contributed by atoms with Gasteiger partial charge in [0.05, 0.1) is 11.5 Å². The Bertz CT molecular complexity index is 442. The highest BCUT2D eigenvalue weighted by Gasteiger charge is 2.16. The van der Waals surface area contributed by atoms with Crippen molar-refractivity contribution in [1.82, 2.24) is 4.72 Å². The van der Waals surface area contributed by atoms with Crippen LogP contribution >= 0.6 is 0 Å². The number of methoxy groups -OCH3 is 1. The average Bonchev–Trinajstić information content (AvgIpc) is 2.17. The second-order valence-corrected chi connectivity index (χ2v) is 5.51. The maximum atomic E-state index is 11.9. The summed E-state index contributed by atoms with van der Waals surface area (Å²) in [5.74, 6) is 0. The first kappa shape index (κ1) is 13.2. The first-order valence-corrected chi connectivity index (χ1v) is 6.52. The summed E-state index contributed by atoms with van der Waals surface area (Å²) in [5, 5.41) is 0. The van der Waals surface area contributed by atoms with Gasteiger partial charge in [-0.05, 0) is 31.5 Å². The van der Waals surface area contributed by atoms with Gasteiger partial charge in [0.2, 0.25) is 10.0 Å². The Kier molecular flexibility index (Phi) is 4.46. The zero-order chi connectivity index (χ0) is 12.2. The molecule has 4 nitrogen and oxygen atoms in total. The Hall–Kier alpha value is -0.910. The van der Waals surface area contributed by atoms with Crippen molar-refractivity contribution in [2.45, 2.75) is 24.8 Å². The van der Waals surface area contributed by atoms with Gasteiger partial charge in [0.25, 0.3) is 0 Å². The Morgan fingerprint density at radius 1 is 1.44 bits per heavy atom. The molecular formula is C11H17NO3S. The molecule has 1 aromatic rings. The second-order valence-electron chi connectivity index (χ2n) is 3.79. The van der Waals surface area contributed by atoms with E-state index in [9.17, 15) is 8.42 Å². The van der Waals surface area contributed by atoms with Crippen LogP contribution in [0.2, 0.25) is 0 Å². The van der Waals surface area contributed by atoms with Gasteiger partial charge in [0.1, 0.15) is 0 Å². The van der Waals surface area contributed by atoms with E-state index in [0.717, 1.165) is 5.56 Å². The molecule has 16 heavy (non-hydrogen) atoms. The Labute approximate surface area is 96.7 Å². The minimum Gasteiger partial charge on any atom is -0.383 e. The molecular weight excluding hydrogens is 226 g/mol. The molecule has 0 saturated heterocycles. The molecule has 1 aromatic carbocycles. The zero-order valence-electron chi connectivity index (χ0n) is 9.73. The van der Waals surface area contributed by atoms with Crippen molar-refractivity contribution in [3.8, 4) is 0 Å². The number of rotatable bonds is 5. The van der Waals surface area contributed by atoms with Crippen LogP contribution < -0.4 is 4.72 Å². The maximum absolute atomic E-state index is 11.9. The van der Waals surface area contributed by atoms with Gasteiger partial charge in [0, 0.05) is 13.2 Å². The van der Waals surface area contributed by atoms with Crippen molar-refractivity contribution < 1.29 is 13.2 Å². The van der Waals surface area contributed by atoms with E-state index in [0.29, 0.717) is 6.61 Å². The highest BCUT2D eigenvalue weighted by molar-refractivity contribution is 7.89. The number of benzene rings is 1. The van der Waals surface area contributed by atoms with Crippen LogP contribution in [-0.2, 0) is 14.8 Å². The first-order valence-electron chi connectivity index (χ1n) is 5.03. The molecule has 0 aliphatic heterocycles. The smallest absolute Gasteiger partial charge is 0.240 e. The van der Waals surface area contributed by atoms with Crippen LogP contribution in [-0.4, -0.2) is 28.2 Å². The third-order valence-corrected chi connectivity index (χ3v) is 3.66. The summed E-state index contributed by atoms with van der Waals surface area (Å²) in [5.41, 5.74) is 0.919. The summed E-state index contributed by atoms with van der Waals surface area (Å²) in [6, 6.07) is 6.56. The van der Waals surface area contributed by atoms with Gasteiger partial charge >= 0.3 is 0 Å². The van der Waals surface area contributed by atoms with Crippen LogP contribution in [0.3, 0.4) is 0 Å². The van der Waals surface area contributed by atoms with E-state index in [1.807, 2.05) is 13.0 Å². The average molecular weight is 243 g/mol. The predicted octanol–water partition coefficient (Wildman–Crippen LogP) is 1.31. The third-order valence-electron chi connectivity index (χ3n) is 2.07. The van der Waals surface area contributed by atoms with Gasteiger partial charge in [-0.15, -0.1) is 0 Å². The van der Waals surface area contributed by atoms with Gasteiger partial charge in [0.15, 0.2) is 0 Å². The largest absolute Gasteiger partial charge is 0.383 e. The fraction of sp³-hybridized carbons (Fsp3) is 0.455. The van der Waals surface area contributed by atoms with Crippen molar-refractivity contribution in [2.24, 2.45) is 0 Å². The number of ether oxygens (including phenoxy) is 1. The summed E-state index contributed by atoms with van der Waals surface area (Å²) in [6.45, 7) is 3.97. The summed E-state index contributed by atoms with van der Waals surface area (Å²) in [4.78, 5) is 0.287. The minimum absolute atomic E-state index is 0.240. The lowest BCUT2D eigenvalue weighted by molar-refractivity contribution is 0.180. The van der Waals surface area contributed by atoms with E-state index in [-0.39, 0.29) is 10.9 Å². The molecule has 0 saturated carbocycles. The van der Waals surface area contributed by atoms with Crippen molar-refractivity contribution >= 4 is 10.0 Å². The Morgan fingerprint density at radius 3 is 2.69 bits per heavy atom. The summed E-state index contributed by atoms with van der Waals surface area (Å²) in [6.07, 6.45) is 0. The molecule has 0 heterocycles. The van der Waals surface area contributed by atoms with Gasteiger partial charge in [-0.1, -0.05) is 12.1 Å². The zero-order valence-corrected chi connectivity index (χ0v) is 10.5. The van der Waals surface area contributed by atoms with E-state index >= 15 is 0 Å². The van der Waals surface area contributed by atoms with Gasteiger partial charge in [-0.2, -0.15) is 0 Å². The molecule has 0 bridgehead atoms. The second kappa shape index (κ2) is 5.43. The first-order chi connectivity index (χ1) is 7.45.